The molecule has 1 aliphatic rings. The lowest BCUT2D eigenvalue weighted by molar-refractivity contribution is -0.125. The number of benzene rings is 2. The fraction of sp³-hybridized carbons (Fsp3) is 0.346. The lowest BCUT2D eigenvalue weighted by atomic mass is 9.95. The molecule has 34 heavy (non-hydrogen) atoms. The number of hydrogen-bond donors (Lipinski definition) is 2. The molecule has 7 nitrogen and oxygen atoms in total. The number of carbonyl (C=O) groups excluding carboxylic acids is 2. The Balaban J connectivity index is 1.44. The molecule has 0 atom stereocenters. The van der Waals surface area contributed by atoms with Gasteiger partial charge in [0.05, 0.1) is 11.4 Å². The number of carbonyl (C=O) groups is 2. The first-order valence-corrected chi connectivity index (χ1v) is 12.8. The molecule has 1 aromatic heterocycles. The van der Waals surface area contributed by atoms with Gasteiger partial charge in [0.2, 0.25) is 11.8 Å². The van der Waals surface area contributed by atoms with Crippen molar-refractivity contribution in [2.45, 2.75) is 38.1 Å². The summed E-state index contributed by atoms with van der Waals surface area (Å²) in [6, 6.07) is 18.2. The number of para-hydroxylation sites is 1. The Morgan fingerprint density at radius 1 is 1.06 bits per heavy atom. The second kappa shape index (κ2) is 10.8. The standard InChI is InChI=1S/C26H31N5O2S/c1-18-24(28-19(2)32)26(31(29-18)22-7-5-4-6-8-22)30-15-13-21(14-16-30)25(33)27-17-20-9-11-23(34-3)12-10-20/h4-12,21H,13-17H2,1-3H3,(H,27,33)(H,28,32). The molecule has 1 fully saturated rings. The van der Waals surface area contributed by atoms with Crippen molar-refractivity contribution in [2.75, 3.05) is 29.6 Å². The fourth-order valence-corrected chi connectivity index (χ4v) is 4.72. The highest BCUT2D eigenvalue weighted by molar-refractivity contribution is 7.98. The van der Waals surface area contributed by atoms with E-state index in [1.807, 2.05) is 41.9 Å². The number of hydrogen-bond acceptors (Lipinski definition) is 5. The third kappa shape index (κ3) is 5.44. The zero-order valence-corrected chi connectivity index (χ0v) is 20.7. The zero-order chi connectivity index (χ0) is 24.1. The van der Waals surface area contributed by atoms with Gasteiger partial charge in [-0.3, -0.25) is 9.59 Å². The molecule has 0 aliphatic carbocycles. The summed E-state index contributed by atoms with van der Waals surface area (Å²) in [6.45, 7) is 5.38. The van der Waals surface area contributed by atoms with Gasteiger partial charge < -0.3 is 15.5 Å². The molecule has 0 saturated carbocycles. The van der Waals surface area contributed by atoms with Crippen LogP contribution in [0.25, 0.3) is 5.69 Å². The first kappa shape index (κ1) is 23.9. The van der Waals surface area contributed by atoms with Crippen LogP contribution in [0.1, 0.15) is 31.0 Å². The minimum absolute atomic E-state index is 0.0277. The van der Waals surface area contributed by atoms with Crippen molar-refractivity contribution in [1.82, 2.24) is 15.1 Å². The summed E-state index contributed by atoms with van der Waals surface area (Å²) in [5.41, 5.74) is 3.53. The van der Waals surface area contributed by atoms with Crippen molar-refractivity contribution in [3.05, 3.63) is 65.9 Å². The number of amides is 2. The number of anilines is 2. The molecule has 2 amide bonds. The molecular formula is C26H31N5O2S. The topological polar surface area (TPSA) is 79.3 Å². The quantitative estimate of drug-likeness (QED) is 0.494. The molecule has 1 aliphatic heterocycles. The SMILES string of the molecule is CSc1ccc(CNC(=O)C2CCN(c3c(NC(C)=O)c(C)nn3-c3ccccc3)CC2)cc1. The summed E-state index contributed by atoms with van der Waals surface area (Å²) in [7, 11) is 0. The summed E-state index contributed by atoms with van der Waals surface area (Å²) in [6.07, 6.45) is 3.54. The average molecular weight is 478 g/mol. The van der Waals surface area contributed by atoms with Gasteiger partial charge in [0.1, 0.15) is 5.69 Å². The molecule has 0 spiro atoms. The molecule has 0 unspecified atom stereocenters. The van der Waals surface area contributed by atoms with Crippen molar-refractivity contribution >= 4 is 35.1 Å². The third-order valence-electron chi connectivity index (χ3n) is 6.13. The van der Waals surface area contributed by atoms with Crippen LogP contribution in [0.4, 0.5) is 11.5 Å². The van der Waals surface area contributed by atoms with Crippen molar-refractivity contribution in [3.63, 3.8) is 0 Å². The van der Waals surface area contributed by atoms with Gasteiger partial charge in [-0.1, -0.05) is 30.3 Å². The van der Waals surface area contributed by atoms with Crippen LogP contribution < -0.4 is 15.5 Å². The minimum Gasteiger partial charge on any atom is -0.355 e. The smallest absolute Gasteiger partial charge is 0.223 e. The maximum atomic E-state index is 12.8. The highest BCUT2D eigenvalue weighted by Gasteiger charge is 2.29. The predicted molar refractivity (Wildman–Crippen MR) is 138 cm³/mol. The van der Waals surface area contributed by atoms with Gasteiger partial charge >= 0.3 is 0 Å². The number of aromatic nitrogens is 2. The molecule has 4 rings (SSSR count). The Morgan fingerprint density at radius 3 is 2.35 bits per heavy atom. The molecule has 8 heteroatoms. The monoisotopic (exact) mass is 477 g/mol. The number of aryl methyl sites for hydroxylation is 1. The second-order valence-electron chi connectivity index (χ2n) is 8.54. The van der Waals surface area contributed by atoms with Crippen LogP contribution in [-0.4, -0.2) is 40.9 Å². The Bertz CT molecular complexity index is 1140. The molecule has 0 radical (unpaired) electrons. The minimum atomic E-state index is -0.128. The van der Waals surface area contributed by atoms with E-state index in [4.69, 9.17) is 5.10 Å². The second-order valence-corrected chi connectivity index (χ2v) is 9.42. The van der Waals surface area contributed by atoms with E-state index in [0.29, 0.717) is 19.6 Å². The Labute approximate surface area is 204 Å². The highest BCUT2D eigenvalue weighted by atomic mass is 32.2. The van der Waals surface area contributed by atoms with Crippen LogP contribution in [0.5, 0.6) is 0 Å². The summed E-state index contributed by atoms with van der Waals surface area (Å²) >= 11 is 1.71. The van der Waals surface area contributed by atoms with Gasteiger partial charge in [-0.05, 0) is 55.9 Å². The Morgan fingerprint density at radius 2 is 1.74 bits per heavy atom. The normalized spacial score (nSPS) is 14.1. The van der Waals surface area contributed by atoms with Gasteiger partial charge in [0.25, 0.3) is 0 Å². The number of rotatable bonds is 7. The predicted octanol–water partition coefficient (Wildman–Crippen LogP) is 4.39. The van der Waals surface area contributed by atoms with Gasteiger partial charge in [-0.25, -0.2) is 4.68 Å². The summed E-state index contributed by atoms with van der Waals surface area (Å²) in [5, 5.41) is 10.8. The zero-order valence-electron chi connectivity index (χ0n) is 19.9. The van der Waals surface area contributed by atoms with E-state index in [0.717, 1.165) is 41.3 Å². The van der Waals surface area contributed by atoms with Crippen molar-refractivity contribution < 1.29 is 9.59 Å². The van der Waals surface area contributed by atoms with Crippen molar-refractivity contribution in [3.8, 4) is 5.69 Å². The molecule has 3 aromatic rings. The van der Waals surface area contributed by atoms with Crippen LogP contribution in [-0.2, 0) is 16.1 Å². The molecule has 2 aromatic carbocycles. The van der Waals surface area contributed by atoms with Gasteiger partial charge in [-0.15, -0.1) is 11.8 Å². The van der Waals surface area contributed by atoms with E-state index in [-0.39, 0.29) is 17.7 Å². The van der Waals surface area contributed by atoms with E-state index in [9.17, 15) is 9.59 Å². The van der Waals surface area contributed by atoms with Gasteiger partial charge in [0.15, 0.2) is 5.82 Å². The first-order valence-electron chi connectivity index (χ1n) is 11.5. The number of thioether (sulfide) groups is 1. The molecule has 2 heterocycles. The van der Waals surface area contributed by atoms with Gasteiger partial charge in [-0.2, -0.15) is 5.10 Å². The van der Waals surface area contributed by atoms with Crippen LogP contribution in [0.15, 0.2) is 59.5 Å². The third-order valence-corrected chi connectivity index (χ3v) is 6.87. The molecule has 1 saturated heterocycles. The van der Waals surface area contributed by atoms with Crippen LogP contribution in [0, 0.1) is 12.8 Å². The van der Waals surface area contributed by atoms with E-state index >= 15 is 0 Å². The summed E-state index contributed by atoms with van der Waals surface area (Å²) in [4.78, 5) is 28.2. The number of piperidine rings is 1. The highest BCUT2D eigenvalue weighted by Crippen LogP contribution is 2.34. The largest absolute Gasteiger partial charge is 0.355 e. The van der Waals surface area contributed by atoms with E-state index < -0.39 is 0 Å². The maximum absolute atomic E-state index is 12.8. The Hall–Kier alpha value is -3.26. The lowest BCUT2D eigenvalue weighted by Crippen LogP contribution is -2.41. The molecule has 2 N–H and O–H groups in total. The van der Waals surface area contributed by atoms with Crippen LogP contribution >= 0.6 is 11.8 Å². The van der Waals surface area contributed by atoms with Crippen molar-refractivity contribution in [2.24, 2.45) is 5.92 Å². The summed E-state index contributed by atoms with van der Waals surface area (Å²) < 4.78 is 1.89. The van der Waals surface area contributed by atoms with E-state index in [1.165, 1.54) is 11.8 Å². The fourth-order valence-electron chi connectivity index (χ4n) is 4.31. The van der Waals surface area contributed by atoms with Crippen molar-refractivity contribution in [1.29, 1.82) is 0 Å². The number of nitrogens with zero attached hydrogens (tertiary/aromatic N) is 3. The maximum Gasteiger partial charge on any atom is 0.223 e. The summed E-state index contributed by atoms with van der Waals surface area (Å²) in [5.74, 6) is 0.812. The van der Waals surface area contributed by atoms with Crippen LogP contribution in [0.3, 0.4) is 0 Å². The average Bonchev–Trinajstić information content (AvgIpc) is 3.18. The Kier molecular flexibility index (Phi) is 7.57. The van der Waals surface area contributed by atoms with Crippen LogP contribution in [0.2, 0.25) is 0 Å². The lowest BCUT2D eigenvalue weighted by Gasteiger charge is -2.33. The molecule has 178 valence electrons. The first-order chi connectivity index (χ1) is 16.5. The van der Waals surface area contributed by atoms with E-state index in [2.05, 4.69) is 46.1 Å². The molecule has 0 bridgehead atoms. The van der Waals surface area contributed by atoms with Gasteiger partial charge in [0, 0.05) is 37.4 Å². The van der Waals surface area contributed by atoms with E-state index in [1.54, 1.807) is 11.8 Å². The number of nitrogens with one attached hydrogen (secondary N) is 2. The molecular weight excluding hydrogens is 446 g/mol.